The summed E-state index contributed by atoms with van der Waals surface area (Å²) in [6.45, 7) is 9.52. The van der Waals surface area contributed by atoms with E-state index < -0.39 is 0 Å². The van der Waals surface area contributed by atoms with E-state index in [2.05, 4.69) is 42.7 Å². The normalized spacial score (nSPS) is 16.9. The molecule has 1 fully saturated rings. The first-order chi connectivity index (χ1) is 9.76. The van der Waals surface area contributed by atoms with Crippen molar-refractivity contribution in [3.63, 3.8) is 0 Å². The Hall–Kier alpha value is -1.32. The summed E-state index contributed by atoms with van der Waals surface area (Å²) < 4.78 is 0. The molecule has 1 aliphatic heterocycles. The van der Waals surface area contributed by atoms with Gasteiger partial charge in [0.05, 0.1) is 6.04 Å². The number of amides is 1. The summed E-state index contributed by atoms with van der Waals surface area (Å²) in [7, 11) is 0. The van der Waals surface area contributed by atoms with Crippen molar-refractivity contribution in [1.29, 1.82) is 0 Å². The van der Waals surface area contributed by atoms with Gasteiger partial charge >= 0.3 is 0 Å². The minimum atomic E-state index is 0. The number of halogens is 1. The summed E-state index contributed by atoms with van der Waals surface area (Å²) in [6, 6.07) is 10.7. The fraction of sp³-hybridized carbons (Fsp3) is 0.471. The first-order valence-corrected chi connectivity index (χ1v) is 7.45. The number of carbonyl (C=O) groups excluding carboxylic acids is 1. The summed E-state index contributed by atoms with van der Waals surface area (Å²) in [5.74, 6) is 0.294. The van der Waals surface area contributed by atoms with Gasteiger partial charge in [0.1, 0.15) is 0 Å². The van der Waals surface area contributed by atoms with Crippen LogP contribution in [0, 0.1) is 0 Å². The molecule has 0 aromatic heterocycles. The van der Waals surface area contributed by atoms with Crippen molar-refractivity contribution < 1.29 is 4.79 Å². The Morgan fingerprint density at radius 1 is 1.24 bits per heavy atom. The molecule has 2 rings (SSSR count). The van der Waals surface area contributed by atoms with Crippen molar-refractivity contribution in [1.82, 2.24) is 9.80 Å². The van der Waals surface area contributed by atoms with Gasteiger partial charge in [0.25, 0.3) is 0 Å². The molecule has 3 nitrogen and oxygen atoms in total. The van der Waals surface area contributed by atoms with Gasteiger partial charge in [-0.2, -0.15) is 0 Å². The van der Waals surface area contributed by atoms with Crippen LogP contribution in [0.25, 0.3) is 0 Å². The van der Waals surface area contributed by atoms with Crippen LogP contribution in [0.15, 0.2) is 43.0 Å². The molecule has 21 heavy (non-hydrogen) atoms. The van der Waals surface area contributed by atoms with Gasteiger partial charge in [-0.25, -0.2) is 0 Å². The molecule has 0 bridgehead atoms. The molecule has 4 heteroatoms. The van der Waals surface area contributed by atoms with E-state index in [9.17, 15) is 4.79 Å². The zero-order valence-electron chi connectivity index (χ0n) is 12.7. The van der Waals surface area contributed by atoms with Crippen molar-refractivity contribution >= 4 is 18.3 Å². The molecule has 0 spiro atoms. The van der Waals surface area contributed by atoms with Crippen LogP contribution in [0.5, 0.6) is 0 Å². The maximum absolute atomic E-state index is 11.9. The van der Waals surface area contributed by atoms with Gasteiger partial charge in [-0.3, -0.25) is 9.69 Å². The van der Waals surface area contributed by atoms with Crippen molar-refractivity contribution in [3.8, 4) is 0 Å². The highest BCUT2D eigenvalue weighted by Crippen LogP contribution is 2.23. The maximum Gasteiger partial charge on any atom is 0.222 e. The minimum absolute atomic E-state index is 0. The Labute approximate surface area is 134 Å². The Kier molecular flexibility index (Phi) is 7.48. The first kappa shape index (κ1) is 17.7. The molecule has 1 aliphatic rings. The predicted octanol–water partition coefficient (Wildman–Crippen LogP) is 3.28. The van der Waals surface area contributed by atoms with E-state index in [-0.39, 0.29) is 18.4 Å². The maximum atomic E-state index is 11.9. The second-order valence-corrected chi connectivity index (χ2v) is 5.26. The van der Waals surface area contributed by atoms with E-state index in [1.54, 1.807) is 0 Å². The van der Waals surface area contributed by atoms with E-state index in [1.165, 1.54) is 5.56 Å². The lowest BCUT2D eigenvalue weighted by atomic mass is 10.0. The van der Waals surface area contributed by atoms with E-state index in [1.807, 2.05) is 17.0 Å². The lowest BCUT2D eigenvalue weighted by Gasteiger charge is -2.38. The molecule has 1 atom stereocenters. The molecular formula is C17H25ClN2O. The third-order valence-corrected chi connectivity index (χ3v) is 3.89. The van der Waals surface area contributed by atoms with Crippen LogP contribution in [-0.4, -0.2) is 41.9 Å². The lowest BCUT2D eigenvalue weighted by molar-refractivity contribution is -0.133. The van der Waals surface area contributed by atoms with Crippen molar-refractivity contribution in [3.05, 3.63) is 48.6 Å². The van der Waals surface area contributed by atoms with E-state index in [0.717, 1.165) is 32.6 Å². The summed E-state index contributed by atoms with van der Waals surface area (Å²) in [4.78, 5) is 16.3. The Bertz CT molecular complexity index is 441. The van der Waals surface area contributed by atoms with Crippen molar-refractivity contribution in [2.24, 2.45) is 0 Å². The number of benzene rings is 1. The fourth-order valence-corrected chi connectivity index (χ4v) is 2.77. The molecule has 1 amide bonds. The summed E-state index contributed by atoms with van der Waals surface area (Å²) >= 11 is 0. The zero-order chi connectivity index (χ0) is 14.4. The molecule has 0 radical (unpaired) electrons. The molecule has 0 N–H and O–H groups in total. The minimum Gasteiger partial charge on any atom is -0.340 e. The summed E-state index contributed by atoms with van der Waals surface area (Å²) in [5.41, 5.74) is 1.27. The van der Waals surface area contributed by atoms with E-state index >= 15 is 0 Å². The van der Waals surface area contributed by atoms with Crippen LogP contribution >= 0.6 is 12.4 Å². The molecule has 0 saturated carbocycles. The van der Waals surface area contributed by atoms with Crippen LogP contribution < -0.4 is 0 Å². The molecule has 116 valence electrons. The van der Waals surface area contributed by atoms with Gasteiger partial charge in [-0.1, -0.05) is 43.3 Å². The number of rotatable bonds is 5. The highest BCUT2D eigenvalue weighted by Gasteiger charge is 2.24. The Morgan fingerprint density at radius 3 is 2.38 bits per heavy atom. The quantitative estimate of drug-likeness (QED) is 0.779. The second-order valence-electron chi connectivity index (χ2n) is 5.26. The molecule has 1 unspecified atom stereocenters. The standard InChI is InChI=1S/C17H24N2O.ClH/c1-3-8-17(20)19-13-11-18(12-14-19)16(4-2)15-9-6-5-7-10-15;/h4-7,9-10,16H,2-3,8,11-14H2,1H3;1H. The van der Waals surface area contributed by atoms with Crippen LogP contribution in [0.4, 0.5) is 0 Å². The average Bonchev–Trinajstić information content (AvgIpc) is 2.50. The second kappa shape index (κ2) is 8.85. The molecular weight excluding hydrogens is 284 g/mol. The van der Waals surface area contributed by atoms with Crippen LogP contribution in [0.3, 0.4) is 0 Å². The molecule has 0 aliphatic carbocycles. The largest absolute Gasteiger partial charge is 0.340 e. The average molecular weight is 309 g/mol. The Balaban J connectivity index is 0.00000220. The molecule has 1 aromatic carbocycles. The van der Waals surface area contributed by atoms with Crippen molar-refractivity contribution in [2.75, 3.05) is 26.2 Å². The summed E-state index contributed by atoms with van der Waals surface area (Å²) in [5, 5.41) is 0. The van der Waals surface area contributed by atoms with Crippen LogP contribution in [0.2, 0.25) is 0 Å². The third-order valence-electron chi connectivity index (χ3n) is 3.89. The van der Waals surface area contributed by atoms with E-state index in [4.69, 9.17) is 0 Å². The molecule has 1 heterocycles. The van der Waals surface area contributed by atoms with Gasteiger partial charge in [0.2, 0.25) is 5.91 Å². The van der Waals surface area contributed by atoms with Crippen LogP contribution in [0.1, 0.15) is 31.4 Å². The van der Waals surface area contributed by atoms with Crippen molar-refractivity contribution in [2.45, 2.75) is 25.8 Å². The predicted molar refractivity (Wildman–Crippen MR) is 89.7 cm³/mol. The summed E-state index contributed by atoms with van der Waals surface area (Å²) in [6.07, 6.45) is 3.60. The first-order valence-electron chi connectivity index (χ1n) is 7.45. The van der Waals surface area contributed by atoms with Gasteiger partial charge in [-0.15, -0.1) is 19.0 Å². The van der Waals surface area contributed by atoms with Crippen LogP contribution in [-0.2, 0) is 4.79 Å². The molecule has 1 aromatic rings. The lowest BCUT2D eigenvalue weighted by Crippen LogP contribution is -2.49. The number of piperazine rings is 1. The highest BCUT2D eigenvalue weighted by molar-refractivity contribution is 5.85. The van der Waals surface area contributed by atoms with Gasteiger partial charge < -0.3 is 4.90 Å². The van der Waals surface area contributed by atoms with Gasteiger partial charge in [0, 0.05) is 32.6 Å². The van der Waals surface area contributed by atoms with E-state index in [0.29, 0.717) is 12.3 Å². The smallest absolute Gasteiger partial charge is 0.222 e. The van der Waals surface area contributed by atoms with Gasteiger partial charge in [-0.05, 0) is 12.0 Å². The number of hydrogen-bond donors (Lipinski definition) is 0. The fourth-order valence-electron chi connectivity index (χ4n) is 2.77. The third kappa shape index (κ3) is 4.58. The number of hydrogen-bond acceptors (Lipinski definition) is 2. The number of nitrogens with zero attached hydrogens (tertiary/aromatic N) is 2. The zero-order valence-corrected chi connectivity index (χ0v) is 13.5. The molecule has 1 saturated heterocycles. The van der Waals surface area contributed by atoms with Gasteiger partial charge in [0.15, 0.2) is 0 Å². The Morgan fingerprint density at radius 2 is 1.86 bits per heavy atom. The highest BCUT2D eigenvalue weighted by atomic mass is 35.5. The topological polar surface area (TPSA) is 23.6 Å². The SMILES string of the molecule is C=CC(c1ccccc1)N1CCN(C(=O)CCC)CC1.Cl. The monoisotopic (exact) mass is 308 g/mol. The number of carbonyl (C=O) groups is 1.